The van der Waals surface area contributed by atoms with E-state index in [4.69, 9.17) is 24.1 Å². The molecule has 3 aromatic carbocycles. The summed E-state index contributed by atoms with van der Waals surface area (Å²) in [6.45, 7) is 1.39. The van der Waals surface area contributed by atoms with E-state index in [-0.39, 0.29) is 37.5 Å². The maximum Gasteiger partial charge on any atom is 0.233 e. The number of rotatable bonds is 9. The van der Waals surface area contributed by atoms with Crippen LogP contribution in [-0.4, -0.2) is 105 Å². The molecule has 5 heterocycles. The normalized spacial score (nSPS) is 20.1. The predicted octanol–water partition coefficient (Wildman–Crippen LogP) is 3.34. The molecule has 4 atom stereocenters. The molecule has 2 aliphatic rings. The molecule has 50 heavy (non-hydrogen) atoms. The Bertz CT molecular complexity index is 2090. The number of methoxy groups -OCH3 is 2. The van der Waals surface area contributed by atoms with Gasteiger partial charge in [-0.25, -0.2) is 29.9 Å². The molecular weight excluding hydrogens is 640 g/mol. The van der Waals surface area contributed by atoms with Crippen LogP contribution in [0.25, 0.3) is 33.0 Å². The summed E-state index contributed by atoms with van der Waals surface area (Å²) in [5.74, 6) is 2.91. The van der Waals surface area contributed by atoms with Gasteiger partial charge in [-0.15, -0.1) is 0 Å². The molecule has 0 bridgehead atoms. The van der Waals surface area contributed by atoms with Crippen molar-refractivity contribution in [3.8, 4) is 23.3 Å². The number of anilines is 1. The molecule has 8 rings (SSSR count). The van der Waals surface area contributed by atoms with Crippen LogP contribution in [0, 0.1) is 0 Å². The summed E-state index contributed by atoms with van der Waals surface area (Å²) in [4.78, 5) is 28.6. The molecule has 3 N–H and O–H groups in total. The maximum absolute atomic E-state index is 10.1. The van der Waals surface area contributed by atoms with Gasteiger partial charge in [0.25, 0.3) is 0 Å². The highest BCUT2D eigenvalue weighted by Gasteiger charge is 2.35. The van der Waals surface area contributed by atoms with Gasteiger partial charge in [-0.1, -0.05) is 24.3 Å². The van der Waals surface area contributed by atoms with E-state index in [1.165, 1.54) is 6.33 Å². The van der Waals surface area contributed by atoms with Crippen molar-refractivity contribution in [2.75, 3.05) is 45.4 Å². The monoisotopic (exact) mass is 678 g/mol. The van der Waals surface area contributed by atoms with Gasteiger partial charge < -0.3 is 39.4 Å². The Balaban J connectivity index is 0.000000184. The lowest BCUT2D eigenvalue weighted by molar-refractivity contribution is 0.199. The van der Waals surface area contributed by atoms with E-state index in [2.05, 4.69) is 40.1 Å². The van der Waals surface area contributed by atoms with E-state index in [1.54, 1.807) is 26.6 Å². The highest BCUT2D eigenvalue weighted by Crippen LogP contribution is 2.37. The number of para-hydroxylation sites is 4. The molecule has 3 aromatic heterocycles. The summed E-state index contributed by atoms with van der Waals surface area (Å²) in [5.41, 5.74) is 4.02. The molecule has 14 nitrogen and oxygen atoms in total. The smallest absolute Gasteiger partial charge is 0.233 e. The zero-order valence-corrected chi connectivity index (χ0v) is 27.7. The second-order valence-electron chi connectivity index (χ2n) is 12.0. The van der Waals surface area contributed by atoms with Crippen LogP contribution >= 0.6 is 0 Å². The number of ether oxygens (including phenoxy) is 4. The Morgan fingerprint density at radius 2 is 1.34 bits per heavy atom. The van der Waals surface area contributed by atoms with Crippen molar-refractivity contribution in [1.82, 2.24) is 35.2 Å². The number of hydrogen-bond acceptors (Lipinski definition) is 14. The number of nitrogens with zero attached hydrogens (tertiary/aromatic N) is 7. The maximum atomic E-state index is 10.1. The zero-order chi connectivity index (χ0) is 34.5. The van der Waals surface area contributed by atoms with E-state index in [1.807, 2.05) is 60.7 Å². The van der Waals surface area contributed by atoms with Gasteiger partial charge in [0.15, 0.2) is 11.5 Å². The highest BCUT2D eigenvalue weighted by molar-refractivity contribution is 5.92. The van der Waals surface area contributed by atoms with Crippen molar-refractivity contribution < 1.29 is 29.2 Å². The Labute approximate surface area is 288 Å². The first kappa shape index (κ1) is 33.1. The lowest BCUT2D eigenvalue weighted by atomic mass is 10.1. The molecule has 0 amide bonds. The molecule has 0 radical (unpaired) electrons. The van der Waals surface area contributed by atoms with Crippen molar-refractivity contribution in [2.24, 2.45) is 0 Å². The molecule has 0 aliphatic carbocycles. The Kier molecular flexibility index (Phi) is 9.91. The van der Waals surface area contributed by atoms with Gasteiger partial charge in [0.2, 0.25) is 11.8 Å². The lowest BCUT2D eigenvalue weighted by Crippen LogP contribution is -2.33. The SMILES string of the molecule is COc1cc2ncnc(N3CC(Oc4cnc5ccccc5n4)CC3CO)c2cc1OC.OCC1CC(Oc2cnc3ccccc3n2)CN1. The number of aliphatic hydroxyl groups excluding tert-OH is 2. The third kappa shape index (κ3) is 7.13. The van der Waals surface area contributed by atoms with Crippen LogP contribution in [0.15, 0.2) is 79.4 Å². The molecule has 4 unspecified atom stereocenters. The van der Waals surface area contributed by atoms with Crippen LogP contribution in [0.1, 0.15) is 12.8 Å². The number of aliphatic hydroxyl groups is 2. The molecule has 14 heteroatoms. The first-order chi connectivity index (χ1) is 24.5. The number of benzene rings is 3. The minimum absolute atomic E-state index is 0.0257. The first-order valence-electron chi connectivity index (χ1n) is 16.4. The van der Waals surface area contributed by atoms with Gasteiger partial charge >= 0.3 is 0 Å². The summed E-state index contributed by atoms with van der Waals surface area (Å²) < 4.78 is 22.8. The number of hydrogen-bond donors (Lipinski definition) is 3. The Morgan fingerprint density at radius 1 is 0.720 bits per heavy atom. The summed E-state index contributed by atoms with van der Waals surface area (Å²) in [7, 11) is 3.18. The van der Waals surface area contributed by atoms with Crippen molar-refractivity contribution >= 4 is 38.8 Å². The topological polar surface area (TPSA) is 170 Å². The van der Waals surface area contributed by atoms with Gasteiger partial charge in [0.1, 0.15) is 24.4 Å². The fourth-order valence-corrected chi connectivity index (χ4v) is 6.34. The summed E-state index contributed by atoms with van der Waals surface area (Å²) in [5, 5.41) is 23.1. The van der Waals surface area contributed by atoms with Gasteiger partial charge in [0, 0.05) is 36.9 Å². The third-order valence-corrected chi connectivity index (χ3v) is 8.81. The minimum atomic E-state index is -0.173. The molecule has 2 aliphatic heterocycles. The summed E-state index contributed by atoms with van der Waals surface area (Å²) >= 11 is 0. The van der Waals surface area contributed by atoms with Crippen LogP contribution in [0.3, 0.4) is 0 Å². The second kappa shape index (κ2) is 15.0. The second-order valence-corrected chi connectivity index (χ2v) is 12.0. The Hall–Kier alpha value is -5.44. The molecule has 2 fully saturated rings. The van der Waals surface area contributed by atoms with Crippen LogP contribution in [0.4, 0.5) is 5.82 Å². The van der Waals surface area contributed by atoms with E-state index < -0.39 is 0 Å². The molecule has 258 valence electrons. The molecule has 0 spiro atoms. The molecule has 6 aromatic rings. The van der Waals surface area contributed by atoms with Crippen LogP contribution in [-0.2, 0) is 0 Å². The fraction of sp³-hybridized carbons (Fsp3) is 0.333. The van der Waals surface area contributed by atoms with Crippen molar-refractivity contribution in [3.05, 3.63) is 79.4 Å². The van der Waals surface area contributed by atoms with Crippen LogP contribution in [0.5, 0.6) is 23.3 Å². The zero-order valence-electron chi connectivity index (χ0n) is 27.7. The number of fused-ring (bicyclic) bond motifs is 3. The van der Waals surface area contributed by atoms with Crippen LogP contribution < -0.4 is 29.2 Å². The van der Waals surface area contributed by atoms with Gasteiger partial charge in [-0.05, 0) is 30.3 Å². The van der Waals surface area contributed by atoms with E-state index >= 15 is 0 Å². The summed E-state index contributed by atoms with van der Waals surface area (Å²) in [6, 6.07) is 19.0. The third-order valence-electron chi connectivity index (χ3n) is 8.81. The van der Waals surface area contributed by atoms with Crippen molar-refractivity contribution in [3.63, 3.8) is 0 Å². The highest BCUT2D eigenvalue weighted by atomic mass is 16.5. The number of nitrogens with one attached hydrogen (secondary N) is 1. The molecule has 2 saturated heterocycles. The van der Waals surface area contributed by atoms with E-state index in [0.717, 1.165) is 45.9 Å². The van der Waals surface area contributed by atoms with Crippen molar-refractivity contribution in [1.29, 1.82) is 0 Å². The molecular formula is C36H38N8O6. The average Bonchev–Trinajstić information content (AvgIpc) is 3.80. The lowest BCUT2D eigenvalue weighted by Gasteiger charge is -2.25. The van der Waals surface area contributed by atoms with E-state index in [0.29, 0.717) is 42.0 Å². The standard InChI is InChI=1S/C23H23N5O4.C13H15N3O2/c1-30-20-8-16-19(9-21(20)31-2)25-13-26-23(16)28-11-15(7-14(28)12-29)32-22-10-24-17-5-3-4-6-18(17)27-22;17-8-9-5-10(6-14-9)18-13-7-15-11-3-1-2-4-12(11)16-13/h3-6,8-10,13-15,29H,7,11-12H2,1-2H3;1-4,7,9-10,14,17H,5-6,8H2. The summed E-state index contributed by atoms with van der Waals surface area (Å²) in [6.07, 6.45) is 6.10. The van der Waals surface area contributed by atoms with Gasteiger partial charge in [-0.3, -0.25) is 0 Å². The van der Waals surface area contributed by atoms with Gasteiger partial charge in [-0.2, -0.15) is 0 Å². The largest absolute Gasteiger partial charge is 0.493 e. The first-order valence-corrected chi connectivity index (χ1v) is 16.4. The van der Waals surface area contributed by atoms with E-state index in [9.17, 15) is 5.11 Å². The fourth-order valence-electron chi connectivity index (χ4n) is 6.34. The quantitative estimate of drug-likeness (QED) is 0.203. The predicted molar refractivity (Wildman–Crippen MR) is 187 cm³/mol. The minimum Gasteiger partial charge on any atom is -0.493 e. The number of aromatic nitrogens is 6. The average molecular weight is 679 g/mol. The Morgan fingerprint density at radius 3 is 1.94 bits per heavy atom. The van der Waals surface area contributed by atoms with Crippen molar-refractivity contribution in [2.45, 2.75) is 37.1 Å². The molecule has 0 saturated carbocycles. The van der Waals surface area contributed by atoms with Gasteiger partial charge in [0.05, 0.1) is 80.0 Å². The van der Waals surface area contributed by atoms with Crippen LogP contribution in [0.2, 0.25) is 0 Å².